The van der Waals surface area contributed by atoms with E-state index in [-0.39, 0.29) is 22.6 Å². The second-order valence-electron chi connectivity index (χ2n) is 8.48. The molecule has 1 fully saturated rings. The van der Waals surface area contributed by atoms with Gasteiger partial charge in [0.2, 0.25) is 0 Å². The summed E-state index contributed by atoms with van der Waals surface area (Å²) in [7, 11) is 0. The lowest BCUT2D eigenvalue weighted by molar-refractivity contribution is -0.206. The molecule has 196 valence electrons. The molecule has 0 radical (unpaired) electrons. The number of hydrogen-bond acceptors (Lipinski definition) is 3. The van der Waals surface area contributed by atoms with Gasteiger partial charge in [0.25, 0.3) is 0 Å². The van der Waals surface area contributed by atoms with Crippen molar-refractivity contribution in [3.05, 3.63) is 101 Å². The molecule has 0 aromatic heterocycles. The van der Waals surface area contributed by atoms with E-state index in [0.717, 1.165) is 37.1 Å². The molecule has 0 saturated carbocycles. The maximum absolute atomic E-state index is 14.8. The average molecular weight is 526 g/mol. The maximum Gasteiger partial charge on any atom is 0.429 e. The molecule has 1 saturated heterocycles. The van der Waals surface area contributed by atoms with Crippen molar-refractivity contribution in [3.63, 3.8) is 0 Å². The van der Waals surface area contributed by atoms with Gasteiger partial charge in [0.1, 0.15) is 17.4 Å². The van der Waals surface area contributed by atoms with Crippen LogP contribution < -0.4 is 4.74 Å². The monoisotopic (exact) mass is 526 g/mol. The molecule has 37 heavy (non-hydrogen) atoms. The van der Waals surface area contributed by atoms with E-state index in [2.05, 4.69) is 11.3 Å². The van der Waals surface area contributed by atoms with Crippen LogP contribution in [0, 0.1) is 35.0 Å². The van der Waals surface area contributed by atoms with Crippen LogP contribution in [-0.2, 0) is 15.6 Å². The molecule has 0 spiro atoms. The van der Waals surface area contributed by atoms with Gasteiger partial charge in [-0.15, -0.1) is 6.58 Å². The van der Waals surface area contributed by atoms with E-state index in [1.165, 1.54) is 6.07 Å². The Hall–Kier alpha value is -3.37. The van der Waals surface area contributed by atoms with Crippen molar-refractivity contribution in [1.82, 2.24) is 0 Å². The first-order chi connectivity index (χ1) is 17.6. The van der Waals surface area contributed by atoms with Gasteiger partial charge in [-0.1, -0.05) is 12.1 Å². The topological polar surface area (TPSA) is 27.7 Å². The van der Waals surface area contributed by atoms with Crippen molar-refractivity contribution in [2.24, 2.45) is 5.92 Å². The van der Waals surface area contributed by atoms with Gasteiger partial charge in [0, 0.05) is 23.1 Å². The Morgan fingerprint density at radius 1 is 0.865 bits per heavy atom. The number of rotatable bonds is 8. The SMILES string of the molecule is C=CCCC1COC(c2ccc(C(F)(F)Oc3ccc(-c4cc(F)c(F)c(F)c4)c(F)c3)c(F)c2)OC1. The van der Waals surface area contributed by atoms with Crippen LogP contribution in [0.15, 0.2) is 61.2 Å². The number of alkyl halides is 2. The molecular weight excluding hydrogens is 505 g/mol. The zero-order valence-electron chi connectivity index (χ0n) is 19.3. The fourth-order valence-electron chi connectivity index (χ4n) is 3.88. The first kappa shape index (κ1) is 26.7. The van der Waals surface area contributed by atoms with Crippen LogP contribution in [0.1, 0.15) is 30.3 Å². The molecule has 0 bridgehead atoms. The molecule has 1 aliphatic heterocycles. The first-order valence-corrected chi connectivity index (χ1v) is 11.2. The van der Waals surface area contributed by atoms with Crippen LogP contribution >= 0.6 is 0 Å². The van der Waals surface area contributed by atoms with E-state index in [1.807, 2.05) is 0 Å². The Morgan fingerprint density at radius 3 is 2.14 bits per heavy atom. The molecule has 10 heteroatoms. The minimum atomic E-state index is -4.20. The van der Waals surface area contributed by atoms with Gasteiger partial charge in [-0.25, -0.2) is 22.0 Å². The molecule has 0 atom stereocenters. The molecule has 0 aliphatic carbocycles. The van der Waals surface area contributed by atoms with Crippen LogP contribution in [-0.4, -0.2) is 13.2 Å². The van der Waals surface area contributed by atoms with Gasteiger partial charge in [0.15, 0.2) is 23.7 Å². The lowest BCUT2D eigenvalue weighted by Crippen LogP contribution is -2.27. The molecule has 3 nitrogen and oxygen atoms in total. The average Bonchev–Trinajstić information content (AvgIpc) is 2.85. The normalized spacial score (nSPS) is 18.0. The van der Waals surface area contributed by atoms with Gasteiger partial charge in [-0.3, -0.25) is 0 Å². The lowest BCUT2D eigenvalue weighted by Gasteiger charge is -2.29. The van der Waals surface area contributed by atoms with Gasteiger partial charge >= 0.3 is 6.11 Å². The van der Waals surface area contributed by atoms with Crippen LogP contribution in [0.25, 0.3) is 11.1 Å². The van der Waals surface area contributed by atoms with Crippen molar-refractivity contribution in [2.45, 2.75) is 25.2 Å². The van der Waals surface area contributed by atoms with Crippen molar-refractivity contribution < 1.29 is 44.9 Å². The highest BCUT2D eigenvalue weighted by atomic mass is 19.3. The van der Waals surface area contributed by atoms with Gasteiger partial charge in [-0.2, -0.15) is 8.78 Å². The third-order valence-electron chi connectivity index (χ3n) is 5.81. The minimum absolute atomic E-state index is 0.143. The molecular formula is C27H21F7O3. The summed E-state index contributed by atoms with van der Waals surface area (Å²) in [4.78, 5) is 0. The first-order valence-electron chi connectivity index (χ1n) is 11.2. The largest absolute Gasteiger partial charge is 0.429 e. The second kappa shape index (κ2) is 10.9. The predicted octanol–water partition coefficient (Wildman–Crippen LogP) is 7.81. The highest BCUT2D eigenvalue weighted by Gasteiger charge is 2.38. The summed E-state index contributed by atoms with van der Waals surface area (Å²) in [6, 6.07) is 6.37. The van der Waals surface area contributed by atoms with E-state index in [1.54, 1.807) is 6.08 Å². The van der Waals surface area contributed by atoms with Crippen molar-refractivity contribution in [3.8, 4) is 16.9 Å². The third kappa shape index (κ3) is 5.97. The summed E-state index contributed by atoms with van der Waals surface area (Å²) in [5.41, 5.74) is -1.65. The van der Waals surface area contributed by atoms with Gasteiger partial charge in [-0.05, 0) is 54.8 Å². The number of allylic oxidation sites excluding steroid dienone is 1. The quantitative estimate of drug-likeness (QED) is 0.170. The Morgan fingerprint density at radius 2 is 1.54 bits per heavy atom. The van der Waals surface area contributed by atoms with Gasteiger partial charge in [0.05, 0.1) is 18.8 Å². The lowest BCUT2D eigenvalue weighted by atomic mass is 10.0. The van der Waals surface area contributed by atoms with E-state index < -0.39 is 52.8 Å². The predicted molar refractivity (Wildman–Crippen MR) is 120 cm³/mol. The van der Waals surface area contributed by atoms with Crippen LogP contribution in [0.2, 0.25) is 0 Å². The Kier molecular flexibility index (Phi) is 7.89. The van der Waals surface area contributed by atoms with Crippen LogP contribution in [0.5, 0.6) is 5.75 Å². The molecule has 3 aromatic rings. The summed E-state index contributed by atoms with van der Waals surface area (Å²) in [5.74, 6) is -7.82. The third-order valence-corrected chi connectivity index (χ3v) is 5.81. The summed E-state index contributed by atoms with van der Waals surface area (Å²) in [6.07, 6.45) is -1.74. The zero-order chi connectivity index (χ0) is 26.7. The molecule has 0 N–H and O–H groups in total. The van der Waals surface area contributed by atoms with Crippen molar-refractivity contribution in [2.75, 3.05) is 13.2 Å². The molecule has 1 aliphatic rings. The van der Waals surface area contributed by atoms with Crippen LogP contribution in [0.4, 0.5) is 30.7 Å². The second-order valence-corrected chi connectivity index (χ2v) is 8.48. The highest BCUT2D eigenvalue weighted by molar-refractivity contribution is 5.65. The van der Waals surface area contributed by atoms with Crippen LogP contribution in [0.3, 0.4) is 0 Å². The molecule has 0 unspecified atom stereocenters. The molecule has 1 heterocycles. The maximum atomic E-state index is 14.8. The van der Waals surface area contributed by atoms with E-state index in [9.17, 15) is 30.7 Å². The Bertz CT molecular complexity index is 1260. The van der Waals surface area contributed by atoms with Crippen molar-refractivity contribution in [1.29, 1.82) is 0 Å². The molecule has 4 rings (SSSR count). The standard InChI is InChI=1S/C27H21F7O3/c1-2-3-4-15-13-35-26(36-14-15)16-5-8-20(22(29)9-16)27(33,34)37-18-6-7-19(21(28)12-18)17-10-23(30)25(32)24(31)11-17/h2,5-12,15,26H,1,3-4,13-14H2. The molecule has 0 amide bonds. The summed E-state index contributed by atoms with van der Waals surface area (Å²) in [6.45, 7) is 4.37. The fraction of sp³-hybridized carbons (Fsp3) is 0.259. The van der Waals surface area contributed by atoms with E-state index in [4.69, 9.17) is 9.47 Å². The number of hydrogen-bond donors (Lipinski definition) is 0. The Balaban J connectivity index is 1.48. The number of benzene rings is 3. The van der Waals surface area contributed by atoms with Gasteiger partial charge < -0.3 is 14.2 Å². The Labute approximate surface area is 208 Å². The van der Waals surface area contributed by atoms with E-state index >= 15 is 0 Å². The summed E-state index contributed by atoms with van der Waals surface area (Å²) in [5, 5.41) is 0. The summed E-state index contributed by atoms with van der Waals surface area (Å²) >= 11 is 0. The summed E-state index contributed by atoms with van der Waals surface area (Å²) < 4.78 is 115. The molecule has 3 aromatic carbocycles. The smallest absolute Gasteiger partial charge is 0.429 e. The van der Waals surface area contributed by atoms with E-state index in [0.29, 0.717) is 31.4 Å². The minimum Gasteiger partial charge on any atom is -0.429 e. The highest BCUT2D eigenvalue weighted by Crippen LogP contribution is 2.37. The van der Waals surface area contributed by atoms with Crippen molar-refractivity contribution >= 4 is 0 Å². The fourth-order valence-corrected chi connectivity index (χ4v) is 3.88. The number of halogens is 7. The zero-order valence-corrected chi connectivity index (χ0v) is 19.3. The number of ether oxygens (including phenoxy) is 3.